The summed E-state index contributed by atoms with van der Waals surface area (Å²) in [6.45, 7) is 0. The molecule has 0 unspecified atom stereocenters. The SMILES string of the molecule is CNS(=O)(=O)Nc1cc(C(=O)O)ccc1O. The molecule has 0 aromatic heterocycles. The van der Waals surface area contributed by atoms with Crippen LogP contribution in [-0.4, -0.2) is 31.6 Å². The van der Waals surface area contributed by atoms with Crippen molar-refractivity contribution in [3.63, 3.8) is 0 Å². The molecule has 7 nitrogen and oxygen atoms in total. The molecular formula is C8H10N2O5S. The van der Waals surface area contributed by atoms with E-state index < -0.39 is 16.2 Å². The Morgan fingerprint density at radius 1 is 1.38 bits per heavy atom. The Hall–Kier alpha value is -1.80. The molecule has 16 heavy (non-hydrogen) atoms. The number of carbonyl (C=O) groups is 1. The maximum absolute atomic E-state index is 11.1. The third-order valence-electron chi connectivity index (χ3n) is 1.76. The molecule has 1 aromatic carbocycles. The number of anilines is 1. The predicted octanol–water partition coefficient (Wildman–Crippen LogP) is -0.0335. The molecule has 0 amide bonds. The minimum absolute atomic E-state index is 0.133. The zero-order valence-corrected chi connectivity index (χ0v) is 9.08. The number of rotatable bonds is 4. The van der Waals surface area contributed by atoms with Crippen LogP contribution in [0.1, 0.15) is 10.4 Å². The fourth-order valence-corrected chi connectivity index (χ4v) is 1.50. The molecule has 0 fully saturated rings. The minimum atomic E-state index is -3.79. The van der Waals surface area contributed by atoms with Gasteiger partial charge in [0.15, 0.2) is 0 Å². The number of carboxylic acid groups (broad SMARTS) is 1. The second kappa shape index (κ2) is 4.37. The molecule has 1 aromatic rings. The van der Waals surface area contributed by atoms with Crippen molar-refractivity contribution in [1.29, 1.82) is 0 Å². The van der Waals surface area contributed by atoms with E-state index in [9.17, 15) is 18.3 Å². The Labute approximate surface area is 91.9 Å². The summed E-state index contributed by atoms with van der Waals surface area (Å²) in [4.78, 5) is 10.6. The monoisotopic (exact) mass is 246 g/mol. The summed E-state index contributed by atoms with van der Waals surface area (Å²) in [5.41, 5.74) is -0.333. The summed E-state index contributed by atoms with van der Waals surface area (Å²) in [7, 11) is -2.61. The van der Waals surface area contributed by atoms with Crippen LogP contribution in [0.25, 0.3) is 0 Å². The van der Waals surface area contributed by atoms with Gasteiger partial charge in [-0.1, -0.05) is 0 Å². The van der Waals surface area contributed by atoms with E-state index in [1.807, 2.05) is 9.44 Å². The molecule has 8 heteroatoms. The Kier molecular flexibility index (Phi) is 3.35. The number of carboxylic acids is 1. The Morgan fingerprint density at radius 2 is 2.00 bits per heavy atom. The summed E-state index contributed by atoms with van der Waals surface area (Å²) in [5, 5.41) is 18.0. The van der Waals surface area contributed by atoms with Gasteiger partial charge >= 0.3 is 5.97 Å². The quantitative estimate of drug-likeness (QED) is 0.556. The van der Waals surface area contributed by atoms with Gasteiger partial charge in [-0.05, 0) is 18.2 Å². The molecule has 4 N–H and O–H groups in total. The van der Waals surface area contributed by atoms with Crippen molar-refractivity contribution in [2.75, 3.05) is 11.8 Å². The van der Waals surface area contributed by atoms with E-state index in [-0.39, 0.29) is 17.0 Å². The molecule has 0 radical (unpaired) electrons. The molecular weight excluding hydrogens is 236 g/mol. The van der Waals surface area contributed by atoms with Gasteiger partial charge < -0.3 is 10.2 Å². The van der Waals surface area contributed by atoms with Crippen LogP contribution < -0.4 is 9.44 Å². The zero-order chi connectivity index (χ0) is 12.3. The number of phenolic OH excluding ortho intramolecular Hbond substituents is 1. The minimum Gasteiger partial charge on any atom is -0.506 e. The van der Waals surface area contributed by atoms with Crippen molar-refractivity contribution in [1.82, 2.24) is 4.72 Å². The van der Waals surface area contributed by atoms with Gasteiger partial charge in [-0.25, -0.2) is 9.52 Å². The highest BCUT2D eigenvalue weighted by atomic mass is 32.2. The highest BCUT2D eigenvalue weighted by molar-refractivity contribution is 7.90. The van der Waals surface area contributed by atoms with E-state index in [2.05, 4.69) is 0 Å². The summed E-state index contributed by atoms with van der Waals surface area (Å²) in [6, 6.07) is 3.28. The summed E-state index contributed by atoms with van der Waals surface area (Å²) < 4.78 is 26.2. The standard InChI is InChI=1S/C8H10N2O5S/c1-9-16(14,15)10-6-4-5(8(12)13)2-3-7(6)11/h2-4,9-11H,1H3,(H,12,13). The number of benzene rings is 1. The van der Waals surface area contributed by atoms with Crippen molar-refractivity contribution in [3.05, 3.63) is 23.8 Å². The maximum atomic E-state index is 11.1. The van der Waals surface area contributed by atoms with E-state index in [0.29, 0.717) is 0 Å². The summed E-state index contributed by atoms with van der Waals surface area (Å²) >= 11 is 0. The number of phenols is 1. The molecule has 0 spiro atoms. The predicted molar refractivity (Wildman–Crippen MR) is 56.7 cm³/mol. The fourth-order valence-electron chi connectivity index (χ4n) is 0.947. The van der Waals surface area contributed by atoms with Gasteiger partial charge in [0.05, 0.1) is 11.3 Å². The summed E-state index contributed by atoms with van der Waals surface area (Å²) in [6.07, 6.45) is 0. The molecule has 0 saturated heterocycles. The molecule has 88 valence electrons. The average Bonchev–Trinajstić information content (AvgIpc) is 2.21. The molecule has 0 aliphatic heterocycles. The van der Waals surface area contributed by atoms with Gasteiger partial charge in [0.2, 0.25) is 0 Å². The maximum Gasteiger partial charge on any atom is 0.335 e. The van der Waals surface area contributed by atoms with Crippen LogP contribution in [0, 0.1) is 0 Å². The van der Waals surface area contributed by atoms with Crippen LogP contribution in [0.5, 0.6) is 5.75 Å². The first-order valence-electron chi connectivity index (χ1n) is 4.13. The highest BCUT2D eigenvalue weighted by Crippen LogP contribution is 2.24. The van der Waals surface area contributed by atoms with Crippen molar-refractivity contribution < 1.29 is 23.4 Å². The lowest BCUT2D eigenvalue weighted by Gasteiger charge is -2.08. The molecule has 0 atom stereocenters. The van der Waals surface area contributed by atoms with Crippen LogP contribution in [-0.2, 0) is 10.2 Å². The Balaban J connectivity index is 3.13. The van der Waals surface area contributed by atoms with E-state index in [1.165, 1.54) is 7.05 Å². The first kappa shape index (κ1) is 12.3. The van der Waals surface area contributed by atoms with Crippen molar-refractivity contribution in [2.24, 2.45) is 0 Å². The van der Waals surface area contributed by atoms with Crippen molar-refractivity contribution in [2.45, 2.75) is 0 Å². The lowest BCUT2D eigenvalue weighted by atomic mass is 10.2. The zero-order valence-electron chi connectivity index (χ0n) is 8.26. The van der Waals surface area contributed by atoms with Gasteiger partial charge in [0.1, 0.15) is 5.75 Å². The van der Waals surface area contributed by atoms with Crippen LogP contribution in [0.15, 0.2) is 18.2 Å². The smallest absolute Gasteiger partial charge is 0.335 e. The van der Waals surface area contributed by atoms with Crippen molar-refractivity contribution >= 4 is 21.9 Å². The van der Waals surface area contributed by atoms with Gasteiger partial charge in [0, 0.05) is 7.05 Å². The average molecular weight is 246 g/mol. The Bertz CT molecular complexity index is 511. The number of hydrogen-bond donors (Lipinski definition) is 4. The second-order valence-electron chi connectivity index (χ2n) is 2.85. The third-order valence-corrected chi connectivity index (χ3v) is 2.78. The van der Waals surface area contributed by atoms with Crippen molar-refractivity contribution in [3.8, 4) is 5.75 Å². The van der Waals surface area contributed by atoms with Gasteiger partial charge in [0.25, 0.3) is 10.2 Å². The number of hydrogen-bond acceptors (Lipinski definition) is 4. The normalized spacial score (nSPS) is 11.1. The van der Waals surface area contributed by atoms with Crippen LogP contribution in [0.4, 0.5) is 5.69 Å². The molecule has 1 rings (SSSR count). The highest BCUT2D eigenvalue weighted by Gasteiger charge is 2.12. The van der Waals surface area contributed by atoms with Crippen LogP contribution in [0.2, 0.25) is 0 Å². The number of aromatic hydroxyl groups is 1. The molecule has 0 bridgehead atoms. The molecule has 0 saturated carbocycles. The molecule has 0 aliphatic rings. The van der Waals surface area contributed by atoms with E-state index in [1.54, 1.807) is 0 Å². The molecule has 0 aliphatic carbocycles. The largest absolute Gasteiger partial charge is 0.506 e. The van der Waals surface area contributed by atoms with Gasteiger partial charge in [-0.3, -0.25) is 4.72 Å². The second-order valence-corrected chi connectivity index (χ2v) is 4.47. The third kappa shape index (κ3) is 2.84. The first-order valence-corrected chi connectivity index (χ1v) is 5.61. The first-order chi connectivity index (χ1) is 7.35. The van der Waals surface area contributed by atoms with E-state index >= 15 is 0 Å². The van der Waals surface area contributed by atoms with Gasteiger partial charge in [-0.15, -0.1) is 0 Å². The van der Waals surface area contributed by atoms with E-state index in [0.717, 1.165) is 18.2 Å². The topological polar surface area (TPSA) is 116 Å². The van der Waals surface area contributed by atoms with Crippen LogP contribution in [0.3, 0.4) is 0 Å². The van der Waals surface area contributed by atoms with Gasteiger partial charge in [-0.2, -0.15) is 8.42 Å². The lowest BCUT2D eigenvalue weighted by Crippen LogP contribution is -2.26. The number of aromatic carboxylic acids is 1. The molecule has 0 heterocycles. The van der Waals surface area contributed by atoms with E-state index in [4.69, 9.17) is 5.11 Å². The fraction of sp³-hybridized carbons (Fsp3) is 0.125. The lowest BCUT2D eigenvalue weighted by molar-refractivity contribution is 0.0697. The van der Waals surface area contributed by atoms with Crippen LogP contribution >= 0.6 is 0 Å². The number of nitrogens with one attached hydrogen (secondary N) is 2. The summed E-state index contributed by atoms with van der Waals surface area (Å²) in [5.74, 6) is -1.58. The Morgan fingerprint density at radius 3 is 2.50 bits per heavy atom.